The van der Waals surface area contributed by atoms with E-state index < -0.39 is 24.3 Å². The first kappa shape index (κ1) is 30.6. The number of fused-ring (bicyclic) bond motifs is 2. The first-order valence-electron chi connectivity index (χ1n) is 11.5. The Balaban J connectivity index is 0.000000263. The van der Waals surface area contributed by atoms with E-state index in [1.807, 2.05) is 0 Å². The van der Waals surface area contributed by atoms with E-state index in [9.17, 15) is 26.3 Å². The highest BCUT2D eigenvalue weighted by atomic mass is 32.1. The molecule has 0 aliphatic carbocycles. The summed E-state index contributed by atoms with van der Waals surface area (Å²) >= 11 is 1.80. The highest BCUT2D eigenvalue weighted by Gasteiger charge is 2.38. The minimum absolute atomic E-state index is 0.869. The van der Waals surface area contributed by atoms with Gasteiger partial charge in [0.05, 0.1) is 23.3 Å². The Bertz CT molecular complexity index is 1420. The molecular formula is C24H23F6N5O4S. The van der Waals surface area contributed by atoms with Gasteiger partial charge in [-0.15, -0.1) is 11.3 Å². The maximum Gasteiger partial charge on any atom is 0.490 e. The summed E-state index contributed by atoms with van der Waals surface area (Å²) in [5.74, 6) is -4.39. The average molecular weight is 592 g/mol. The van der Waals surface area contributed by atoms with Crippen LogP contribution in [0.25, 0.3) is 11.0 Å². The largest absolute Gasteiger partial charge is 0.490 e. The molecule has 0 amide bonds. The van der Waals surface area contributed by atoms with Gasteiger partial charge in [-0.3, -0.25) is 10.00 Å². The van der Waals surface area contributed by atoms with Gasteiger partial charge < -0.3 is 14.8 Å². The van der Waals surface area contributed by atoms with Crippen LogP contribution in [0, 0.1) is 0 Å². The van der Waals surface area contributed by atoms with Crippen LogP contribution in [0.1, 0.15) is 27.7 Å². The SMILES string of the molecule is Cn1c(CN2CCc3[nH]nc(Cc4cccs4)c3C2)nc2ccccc21.O=C(O)C(F)(F)F.O=C(O)C(F)(F)F. The smallest absolute Gasteiger partial charge is 0.475 e. The van der Waals surface area contributed by atoms with Crippen LogP contribution in [0.3, 0.4) is 0 Å². The molecule has 3 aromatic heterocycles. The first-order chi connectivity index (χ1) is 18.7. The lowest BCUT2D eigenvalue weighted by atomic mass is 10.0. The second-order valence-electron chi connectivity index (χ2n) is 8.53. The highest BCUT2D eigenvalue weighted by Crippen LogP contribution is 2.25. The van der Waals surface area contributed by atoms with Gasteiger partial charge in [-0.05, 0) is 23.6 Å². The number of para-hydroxylation sites is 2. The van der Waals surface area contributed by atoms with Crippen molar-refractivity contribution in [1.29, 1.82) is 0 Å². The van der Waals surface area contributed by atoms with E-state index in [1.54, 1.807) is 11.3 Å². The van der Waals surface area contributed by atoms with Crippen molar-refractivity contribution in [1.82, 2.24) is 24.6 Å². The Hall–Kier alpha value is -3.92. The first-order valence-corrected chi connectivity index (χ1v) is 12.3. The van der Waals surface area contributed by atoms with E-state index in [4.69, 9.17) is 24.8 Å². The van der Waals surface area contributed by atoms with Gasteiger partial charge in [0.1, 0.15) is 5.82 Å². The van der Waals surface area contributed by atoms with Crippen molar-refractivity contribution < 1.29 is 46.1 Å². The van der Waals surface area contributed by atoms with Crippen molar-refractivity contribution in [3.05, 3.63) is 69.4 Å². The molecule has 9 nitrogen and oxygen atoms in total. The van der Waals surface area contributed by atoms with Crippen molar-refractivity contribution in [2.24, 2.45) is 7.05 Å². The summed E-state index contributed by atoms with van der Waals surface area (Å²) in [5.41, 5.74) is 6.14. The predicted octanol–water partition coefficient (Wildman–Crippen LogP) is 4.77. The molecule has 3 N–H and O–H groups in total. The zero-order valence-electron chi connectivity index (χ0n) is 20.8. The lowest BCUT2D eigenvalue weighted by molar-refractivity contribution is -0.193. The van der Waals surface area contributed by atoms with E-state index >= 15 is 0 Å². The zero-order valence-corrected chi connectivity index (χ0v) is 21.6. The van der Waals surface area contributed by atoms with Gasteiger partial charge in [-0.1, -0.05) is 18.2 Å². The molecule has 0 atom stereocenters. The standard InChI is InChI=1S/C20H21N5S.2C2HF3O2/c1-24-19-7-3-2-6-17(19)21-20(24)13-25-9-8-16-15(12-25)18(23-22-16)11-14-5-4-10-26-14;2*3-2(4,5)1(6)7/h2-7,10H,8-9,11-13H2,1H3,(H,22,23);2*(H,6,7). The fourth-order valence-corrected chi connectivity index (χ4v) is 4.52. The summed E-state index contributed by atoms with van der Waals surface area (Å²) in [6.45, 7) is 2.85. The fraction of sp³-hybridized carbons (Fsp3) is 0.333. The van der Waals surface area contributed by atoms with Crippen molar-refractivity contribution in [3.8, 4) is 0 Å². The van der Waals surface area contributed by atoms with Gasteiger partial charge in [0, 0.05) is 49.1 Å². The third-order valence-electron chi connectivity index (χ3n) is 5.75. The number of alkyl halides is 6. The molecule has 0 radical (unpaired) electrons. The molecule has 0 bridgehead atoms. The number of thiophene rings is 1. The van der Waals surface area contributed by atoms with E-state index in [1.165, 1.54) is 27.3 Å². The number of halogens is 6. The predicted molar refractivity (Wildman–Crippen MR) is 132 cm³/mol. The molecule has 16 heteroatoms. The summed E-state index contributed by atoms with van der Waals surface area (Å²) in [4.78, 5) is 26.5. The van der Waals surface area contributed by atoms with Crippen molar-refractivity contribution in [2.45, 2.75) is 38.3 Å². The number of hydrogen-bond donors (Lipinski definition) is 3. The number of H-pyrrole nitrogens is 1. The fourth-order valence-electron chi connectivity index (χ4n) is 3.81. The number of nitrogens with zero attached hydrogens (tertiary/aromatic N) is 4. The Kier molecular flexibility index (Phi) is 9.57. The molecule has 1 aliphatic rings. The van der Waals surface area contributed by atoms with Crippen LogP contribution in [0.15, 0.2) is 41.8 Å². The Labute approximate surface area is 226 Å². The Morgan fingerprint density at radius 1 is 1.02 bits per heavy atom. The number of aromatic amines is 1. The number of aryl methyl sites for hydroxylation is 1. The van der Waals surface area contributed by atoms with Crippen LogP contribution in [0.5, 0.6) is 0 Å². The van der Waals surface area contributed by atoms with E-state index in [0.29, 0.717) is 0 Å². The molecule has 1 aromatic carbocycles. The molecule has 4 heterocycles. The lowest BCUT2D eigenvalue weighted by Gasteiger charge is -2.26. The van der Waals surface area contributed by atoms with E-state index in [0.717, 1.165) is 43.8 Å². The van der Waals surface area contributed by atoms with Crippen molar-refractivity contribution in [3.63, 3.8) is 0 Å². The second kappa shape index (κ2) is 12.5. The van der Waals surface area contributed by atoms with Crippen LogP contribution in [0.4, 0.5) is 26.3 Å². The molecule has 4 aromatic rings. The van der Waals surface area contributed by atoms with Crippen LogP contribution in [0.2, 0.25) is 0 Å². The minimum Gasteiger partial charge on any atom is -0.475 e. The van der Waals surface area contributed by atoms with Crippen LogP contribution < -0.4 is 0 Å². The normalized spacial score (nSPS) is 13.6. The van der Waals surface area contributed by atoms with Gasteiger partial charge in [-0.25, -0.2) is 14.6 Å². The molecule has 0 saturated carbocycles. The Morgan fingerprint density at radius 3 is 2.20 bits per heavy atom. The maximum absolute atomic E-state index is 10.6. The van der Waals surface area contributed by atoms with Gasteiger partial charge in [0.25, 0.3) is 0 Å². The summed E-state index contributed by atoms with van der Waals surface area (Å²) in [5, 5.41) is 24.2. The molecule has 0 fully saturated rings. The number of benzene rings is 1. The number of nitrogens with one attached hydrogen (secondary N) is 1. The third-order valence-corrected chi connectivity index (χ3v) is 6.63. The van der Waals surface area contributed by atoms with Crippen LogP contribution in [-0.2, 0) is 42.6 Å². The lowest BCUT2D eigenvalue weighted by Crippen LogP contribution is -2.31. The van der Waals surface area contributed by atoms with Gasteiger partial charge >= 0.3 is 24.3 Å². The quantitative estimate of drug-likeness (QED) is 0.292. The zero-order chi connectivity index (χ0) is 29.7. The number of carboxylic acids is 2. The molecule has 5 rings (SSSR count). The number of aromatic nitrogens is 4. The summed E-state index contributed by atoms with van der Waals surface area (Å²) in [6, 6.07) is 12.6. The molecule has 1 aliphatic heterocycles. The molecule has 0 saturated heterocycles. The van der Waals surface area contributed by atoms with Crippen LogP contribution in [-0.4, -0.2) is 65.7 Å². The van der Waals surface area contributed by atoms with Crippen LogP contribution >= 0.6 is 11.3 Å². The molecule has 40 heavy (non-hydrogen) atoms. The number of rotatable bonds is 4. The third kappa shape index (κ3) is 8.05. The number of aliphatic carboxylic acids is 2. The number of imidazole rings is 1. The maximum atomic E-state index is 10.6. The number of hydrogen-bond acceptors (Lipinski definition) is 6. The number of carbonyl (C=O) groups is 2. The summed E-state index contributed by atoms with van der Waals surface area (Å²) in [7, 11) is 2.11. The topological polar surface area (TPSA) is 124 Å². The molecular weight excluding hydrogens is 568 g/mol. The average Bonchev–Trinajstić information content (AvgIpc) is 3.60. The summed E-state index contributed by atoms with van der Waals surface area (Å²) < 4.78 is 65.7. The molecule has 216 valence electrons. The second-order valence-corrected chi connectivity index (χ2v) is 9.56. The van der Waals surface area contributed by atoms with E-state index in [-0.39, 0.29) is 0 Å². The van der Waals surface area contributed by atoms with Crippen molar-refractivity contribution >= 4 is 34.3 Å². The molecule has 0 unspecified atom stereocenters. The van der Waals surface area contributed by atoms with Gasteiger partial charge in [0.15, 0.2) is 0 Å². The van der Waals surface area contributed by atoms with E-state index in [2.05, 4.69) is 68.5 Å². The van der Waals surface area contributed by atoms with Gasteiger partial charge in [-0.2, -0.15) is 31.4 Å². The Morgan fingerprint density at radius 2 is 1.65 bits per heavy atom. The number of carboxylic acid groups (broad SMARTS) is 2. The monoisotopic (exact) mass is 591 g/mol. The molecule has 0 spiro atoms. The van der Waals surface area contributed by atoms with Crippen molar-refractivity contribution in [2.75, 3.05) is 6.54 Å². The summed E-state index contributed by atoms with van der Waals surface area (Å²) in [6.07, 6.45) is -8.22. The van der Waals surface area contributed by atoms with Gasteiger partial charge in [0.2, 0.25) is 0 Å². The highest BCUT2D eigenvalue weighted by molar-refractivity contribution is 7.09. The minimum atomic E-state index is -5.08.